The maximum atomic E-state index is 14.0. The van der Waals surface area contributed by atoms with Gasteiger partial charge in [-0.25, -0.2) is 9.37 Å². The zero-order chi connectivity index (χ0) is 19.8. The van der Waals surface area contributed by atoms with Crippen molar-refractivity contribution >= 4 is 34.3 Å². The summed E-state index contributed by atoms with van der Waals surface area (Å²) in [6, 6.07) is 15.1. The molecular formula is C22H16ClFN2O2. The van der Waals surface area contributed by atoms with Crippen LogP contribution in [0.1, 0.15) is 21.5 Å². The number of benzene rings is 3. The van der Waals surface area contributed by atoms with Gasteiger partial charge in [0.2, 0.25) is 5.89 Å². The van der Waals surface area contributed by atoms with Crippen LogP contribution in [0.25, 0.3) is 22.6 Å². The van der Waals surface area contributed by atoms with Crippen LogP contribution in [0, 0.1) is 19.7 Å². The second-order valence-corrected chi connectivity index (χ2v) is 6.98. The van der Waals surface area contributed by atoms with Crippen LogP contribution in [0.15, 0.2) is 59.0 Å². The summed E-state index contributed by atoms with van der Waals surface area (Å²) in [5.41, 5.74) is 4.55. The Morgan fingerprint density at radius 2 is 1.93 bits per heavy atom. The molecule has 0 bridgehead atoms. The molecule has 1 aromatic heterocycles. The molecule has 0 atom stereocenters. The number of hydrogen-bond acceptors (Lipinski definition) is 3. The molecule has 4 aromatic rings. The van der Waals surface area contributed by atoms with Crippen molar-refractivity contribution in [2.45, 2.75) is 13.8 Å². The highest BCUT2D eigenvalue weighted by molar-refractivity contribution is 6.30. The average Bonchev–Trinajstić information content (AvgIpc) is 3.06. The monoisotopic (exact) mass is 394 g/mol. The molecule has 0 saturated heterocycles. The Balaban J connectivity index is 1.69. The molecule has 0 saturated carbocycles. The van der Waals surface area contributed by atoms with Gasteiger partial charge in [0.25, 0.3) is 5.91 Å². The molecular weight excluding hydrogens is 379 g/mol. The third-order valence-electron chi connectivity index (χ3n) is 4.53. The van der Waals surface area contributed by atoms with Crippen molar-refractivity contribution in [1.82, 2.24) is 4.98 Å². The summed E-state index contributed by atoms with van der Waals surface area (Å²) in [6.07, 6.45) is 0. The summed E-state index contributed by atoms with van der Waals surface area (Å²) >= 11 is 5.75. The molecule has 0 aliphatic rings. The Morgan fingerprint density at radius 3 is 2.71 bits per heavy atom. The first-order valence-electron chi connectivity index (χ1n) is 8.66. The number of oxazole rings is 1. The predicted molar refractivity (Wildman–Crippen MR) is 108 cm³/mol. The Hall–Kier alpha value is -3.18. The molecule has 0 aliphatic carbocycles. The number of hydrogen-bond donors (Lipinski definition) is 1. The number of halogens is 2. The molecule has 0 unspecified atom stereocenters. The number of fused-ring (bicyclic) bond motifs is 1. The van der Waals surface area contributed by atoms with E-state index in [0.717, 1.165) is 28.3 Å². The van der Waals surface area contributed by atoms with E-state index in [2.05, 4.69) is 10.3 Å². The minimum atomic E-state index is -0.673. The Bertz CT molecular complexity index is 1220. The number of nitrogens with one attached hydrogen (secondary N) is 1. The van der Waals surface area contributed by atoms with E-state index in [1.54, 1.807) is 12.1 Å². The summed E-state index contributed by atoms with van der Waals surface area (Å²) < 4.78 is 19.9. The summed E-state index contributed by atoms with van der Waals surface area (Å²) in [7, 11) is 0. The normalized spacial score (nSPS) is 11.0. The van der Waals surface area contributed by atoms with Crippen LogP contribution in [0.3, 0.4) is 0 Å². The number of anilines is 1. The van der Waals surface area contributed by atoms with Gasteiger partial charge in [-0.2, -0.15) is 0 Å². The van der Waals surface area contributed by atoms with Crippen LogP contribution in [-0.4, -0.2) is 10.9 Å². The van der Waals surface area contributed by atoms with Gasteiger partial charge in [0.1, 0.15) is 11.3 Å². The zero-order valence-electron chi connectivity index (χ0n) is 15.2. The van der Waals surface area contributed by atoms with E-state index in [1.807, 2.05) is 38.1 Å². The largest absolute Gasteiger partial charge is 0.436 e. The standard InChI is InChI=1S/C22H16ClFN2O2/c1-12-6-9-20-19(10-12)26-22(28-20)15-4-3-5-18(13(15)2)25-21(27)16-8-7-14(23)11-17(16)24/h3-11H,1-2H3,(H,25,27). The van der Waals surface area contributed by atoms with Crippen LogP contribution in [-0.2, 0) is 0 Å². The molecule has 1 heterocycles. The van der Waals surface area contributed by atoms with Crippen molar-refractivity contribution in [3.63, 3.8) is 0 Å². The lowest BCUT2D eigenvalue weighted by Gasteiger charge is -2.11. The number of carbonyl (C=O) groups excluding carboxylic acids is 1. The van der Waals surface area contributed by atoms with E-state index in [0.29, 0.717) is 17.2 Å². The Kier molecular flexibility index (Phi) is 4.61. The SMILES string of the molecule is Cc1ccc2oc(-c3cccc(NC(=O)c4ccc(Cl)cc4F)c3C)nc2c1. The maximum absolute atomic E-state index is 14.0. The van der Waals surface area contributed by atoms with Crippen molar-refractivity contribution in [3.8, 4) is 11.5 Å². The van der Waals surface area contributed by atoms with E-state index in [1.165, 1.54) is 12.1 Å². The van der Waals surface area contributed by atoms with Crippen LogP contribution in [0.2, 0.25) is 5.02 Å². The van der Waals surface area contributed by atoms with Crippen molar-refractivity contribution in [2.75, 3.05) is 5.32 Å². The minimum absolute atomic E-state index is 0.0773. The van der Waals surface area contributed by atoms with Crippen LogP contribution >= 0.6 is 11.6 Å². The molecule has 1 N–H and O–H groups in total. The topological polar surface area (TPSA) is 55.1 Å². The second-order valence-electron chi connectivity index (χ2n) is 6.55. The molecule has 3 aromatic carbocycles. The first-order valence-corrected chi connectivity index (χ1v) is 9.04. The second kappa shape index (κ2) is 7.09. The predicted octanol–water partition coefficient (Wildman–Crippen LogP) is 6.16. The highest BCUT2D eigenvalue weighted by Crippen LogP contribution is 2.31. The molecule has 0 spiro atoms. The van der Waals surface area contributed by atoms with Gasteiger partial charge in [-0.05, 0) is 67.4 Å². The molecule has 4 rings (SSSR count). The van der Waals surface area contributed by atoms with E-state index >= 15 is 0 Å². The summed E-state index contributed by atoms with van der Waals surface area (Å²) in [5.74, 6) is -0.761. The lowest BCUT2D eigenvalue weighted by atomic mass is 10.1. The molecule has 0 fully saturated rings. The summed E-state index contributed by atoms with van der Waals surface area (Å²) in [6.45, 7) is 3.84. The van der Waals surface area contributed by atoms with Gasteiger partial charge in [0.05, 0.1) is 5.56 Å². The Labute approximate surface area is 166 Å². The van der Waals surface area contributed by atoms with Gasteiger partial charge in [-0.15, -0.1) is 0 Å². The third kappa shape index (κ3) is 3.37. The Morgan fingerprint density at radius 1 is 1.11 bits per heavy atom. The minimum Gasteiger partial charge on any atom is -0.436 e. The molecule has 0 radical (unpaired) electrons. The summed E-state index contributed by atoms with van der Waals surface area (Å²) in [4.78, 5) is 17.0. The fraction of sp³-hybridized carbons (Fsp3) is 0.0909. The highest BCUT2D eigenvalue weighted by Gasteiger charge is 2.16. The highest BCUT2D eigenvalue weighted by atomic mass is 35.5. The van der Waals surface area contributed by atoms with Crippen molar-refractivity contribution < 1.29 is 13.6 Å². The average molecular weight is 395 g/mol. The van der Waals surface area contributed by atoms with Crippen molar-refractivity contribution in [2.24, 2.45) is 0 Å². The fourth-order valence-electron chi connectivity index (χ4n) is 3.02. The maximum Gasteiger partial charge on any atom is 0.258 e. The first kappa shape index (κ1) is 18.2. The lowest BCUT2D eigenvalue weighted by Crippen LogP contribution is -2.14. The number of aromatic nitrogens is 1. The number of nitrogens with zero attached hydrogens (tertiary/aromatic N) is 1. The number of aryl methyl sites for hydroxylation is 1. The molecule has 140 valence electrons. The van der Waals surface area contributed by atoms with Gasteiger partial charge in [0, 0.05) is 16.3 Å². The zero-order valence-corrected chi connectivity index (χ0v) is 16.0. The third-order valence-corrected chi connectivity index (χ3v) is 4.77. The van der Waals surface area contributed by atoms with E-state index in [9.17, 15) is 9.18 Å². The van der Waals surface area contributed by atoms with Crippen LogP contribution < -0.4 is 5.32 Å². The number of carbonyl (C=O) groups is 1. The van der Waals surface area contributed by atoms with Gasteiger partial charge in [-0.3, -0.25) is 4.79 Å². The number of amides is 1. The smallest absolute Gasteiger partial charge is 0.258 e. The van der Waals surface area contributed by atoms with Crippen molar-refractivity contribution in [1.29, 1.82) is 0 Å². The number of rotatable bonds is 3. The van der Waals surface area contributed by atoms with Gasteiger partial charge in [0.15, 0.2) is 5.58 Å². The molecule has 1 amide bonds. The van der Waals surface area contributed by atoms with Crippen LogP contribution in [0.5, 0.6) is 0 Å². The quantitative estimate of drug-likeness (QED) is 0.453. The van der Waals surface area contributed by atoms with E-state index < -0.39 is 11.7 Å². The van der Waals surface area contributed by atoms with Crippen molar-refractivity contribution in [3.05, 3.63) is 82.1 Å². The lowest BCUT2D eigenvalue weighted by molar-refractivity contribution is 0.102. The summed E-state index contributed by atoms with van der Waals surface area (Å²) in [5, 5.41) is 2.98. The van der Waals surface area contributed by atoms with Gasteiger partial charge >= 0.3 is 0 Å². The van der Waals surface area contributed by atoms with E-state index in [-0.39, 0.29) is 10.6 Å². The first-order chi connectivity index (χ1) is 13.4. The van der Waals surface area contributed by atoms with E-state index in [4.69, 9.17) is 16.0 Å². The fourth-order valence-corrected chi connectivity index (χ4v) is 3.18. The molecule has 28 heavy (non-hydrogen) atoms. The molecule has 6 heteroatoms. The van der Waals surface area contributed by atoms with Gasteiger partial charge in [-0.1, -0.05) is 23.7 Å². The van der Waals surface area contributed by atoms with Crippen LogP contribution in [0.4, 0.5) is 10.1 Å². The molecule has 0 aliphatic heterocycles. The van der Waals surface area contributed by atoms with Gasteiger partial charge < -0.3 is 9.73 Å². The molecule has 4 nitrogen and oxygen atoms in total.